The van der Waals surface area contributed by atoms with Crippen LogP contribution in [0.4, 0.5) is 24.5 Å². The lowest BCUT2D eigenvalue weighted by Gasteiger charge is -2.21. The lowest BCUT2D eigenvalue weighted by atomic mass is 10.2. The van der Waals surface area contributed by atoms with Crippen LogP contribution in [0.1, 0.15) is 20.3 Å². The normalized spacial score (nSPS) is 11.5. The molecule has 0 aromatic heterocycles. The zero-order valence-corrected chi connectivity index (χ0v) is 12.5. The van der Waals surface area contributed by atoms with Gasteiger partial charge in [0.15, 0.2) is 0 Å². The van der Waals surface area contributed by atoms with Crippen LogP contribution in [0.25, 0.3) is 0 Å². The first-order chi connectivity index (χ1) is 9.96. The first-order valence-corrected chi connectivity index (χ1v) is 7.19. The molecule has 21 heavy (non-hydrogen) atoms. The Kier molecular flexibility index (Phi) is 7.36. The highest BCUT2D eigenvalue weighted by atomic mass is 19.4. The Morgan fingerprint density at radius 2 is 1.71 bits per heavy atom. The number of rotatable bonds is 9. The summed E-state index contributed by atoms with van der Waals surface area (Å²) in [5.41, 5.74) is 2.13. The summed E-state index contributed by atoms with van der Waals surface area (Å²) in [6.45, 7) is 5.64. The fraction of sp³-hybridized carbons (Fsp3) is 0.600. The van der Waals surface area contributed by atoms with E-state index in [1.807, 2.05) is 24.3 Å². The number of hydrogen-bond donors (Lipinski definition) is 1. The van der Waals surface area contributed by atoms with Gasteiger partial charge in [-0.1, -0.05) is 0 Å². The van der Waals surface area contributed by atoms with Gasteiger partial charge >= 0.3 is 6.18 Å². The van der Waals surface area contributed by atoms with Gasteiger partial charge in [0.25, 0.3) is 0 Å². The summed E-state index contributed by atoms with van der Waals surface area (Å²) in [7, 11) is 0. The van der Waals surface area contributed by atoms with Gasteiger partial charge in [-0.2, -0.15) is 13.2 Å². The van der Waals surface area contributed by atoms with Crippen molar-refractivity contribution in [3.05, 3.63) is 24.3 Å². The van der Waals surface area contributed by atoms with Gasteiger partial charge in [-0.3, -0.25) is 0 Å². The van der Waals surface area contributed by atoms with Gasteiger partial charge in [0, 0.05) is 37.6 Å². The molecule has 0 radical (unpaired) electrons. The van der Waals surface area contributed by atoms with Gasteiger partial charge in [-0.25, -0.2) is 0 Å². The van der Waals surface area contributed by atoms with Crippen LogP contribution >= 0.6 is 0 Å². The lowest BCUT2D eigenvalue weighted by Crippen LogP contribution is -2.21. The number of halogens is 3. The Morgan fingerprint density at radius 3 is 2.24 bits per heavy atom. The molecule has 0 amide bonds. The third-order valence-corrected chi connectivity index (χ3v) is 3.06. The van der Waals surface area contributed by atoms with Crippen LogP contribution in [0.5, 0.6) is 0 Å². The molecule has 0 heterocycles. The molecule has 0 spiro atoms. The van der Waals surface area contributed by atoms with Crippen molar-refractivity contribution in [1.82, 2.24) is 0 Å². The molecule has 1 N–H and O–H groups in total. The second-order valence-electron chi connectivity index (χ2n) is 4.67. The highest BCUT2D eigenvalue weighted by Crippen LogP contribution is 2.17. The molecule has 0 unspecified atom stereocenters. The molecule has 0 fully saturated rings. The smallest absolute Gasteiger partial charge is 0.385 e. The Labute approximate surface area is 124 Å². The van der Waals surface area contributed by atoms with Gasteiger partial charge in [-0.15, -0.1) is 0 Å². The Balaban J connectivity index is 2.24. The highest BCUT2D eigenvalue weighted by molar-refractivity contribution is 5.54. The molecule has 0 bridgehead atoms. The third kappa shape index (κ3) is 7.22. The number of hydrogen-bond acceptors (Lipinski definition) is 3. The van der Waals surface area contributed by atoms with Gasteiger partial charge in [0.2, 0.25) is 0 Å². The van der Waals surface area contributed by atoms with Crippen LogP contribution in [0.2, 0.25) is 0 Å². The lowest BCUT2D eigenvalue weighted by molar-refractivity contribution is -0.173. The van der Waals surface area contributed by atoms with Crippen molar-refractivity contribution in [2.75, 3.05) is 43.1 Å². The molecule has 0 aliphatic rings. The summed E-state index contributed by atoms with van der Waals surface area (Å²) >= 11 is 0. The topological polar surface area (TPSA) is 24.5 Å². The number of alkyl halides is 3. The van der Waals surface area contributed by atoms with Crippen LogP contribution in [-0.4, -0.2) is 39.0 Å². The van der Waals surface area contributed by atoms with E-state index in [1.165, 1.54) is 5.69 Å². The number of benzene rings is 1. The van der Waals surface area contributed by atoms with E-state index in [-0.39, 0.29) is 6.61 Å². The molecule has 6 heteroatoms. The van der Waals surface area contributed by atoms with E-state index in [2.05, 4.69) is 28.8 Å². The number of nitrogens with one attached hydrogen (secondary N) is 1. The Hall–Kier alpha value is -1.43. The minimum atomic E-state index is -4.24. The van der Waals surface area contributed by atoms with E-state index in [1.54, 1.807) is 0 Å². The van der Waals surface area contributed by atoms with Gasteiger partial charge < -0.3 is 15.0 Å². The summed E-state index contributed by atoms with van der Waals surface area (Å²) < 4.78 is 40.1. The summed E-state index contributed by atoms with van der Waals surface area (Å²) in [4.78, 5) is 2.24. The van der Waals surface area contributed by atoms with Crippen molar-refractivity contribution in [2.24, 2.45) is 0 Å². The minimum Gasteiger partial charge on any atom is -0.385 e. The van der Waals surface area contributed by atoms with E-state index in [0.29, 0.717) is 13.0 Å². The maximum absolute atomic E-state index is 11.8. The van der Waals surface area contributed by atoms with Crippen LogP contribution in [0.3, 0.4) is 0 Å². The fourth-order valence-electron chi connectivity index (χ4n) is 1.97. The number of ether oxygens (including phenoxy) is 1. The molecule has 0 atom stereocenters. The summed E-state index contributed by atoms with van der Waals surface area (Å²) in [6, 6.07) is 8.03. The Morgan fingerprint density at radius 1 is 1.10 bits per heavy atom. The second kappa shape index (κ2) is 8.77. The largest absolute Gasteiger partial charge is 0.411 e. The SMILES string of the molecule is CCN(CC)c1ccc(NCCCOCC(F)(F)F)cc1. The third-order valence-electron chi connectivity index (χ3n) is 3.06. The van der Waals surface area contributed by atoms with Gasteiger partial charge in [0.05, 0.1) is 0 Å². The fourth-order valence-corrected chi connectivity index (χ4v) is 1.97. The van der Waals surface area contributed by atoms with Crippen molar-refractivity contribution in [3.63, 3.8) is 0 Å². The summed E-state index contributed by atoms with van der Waals surface area (Å²) in [6.07, 6.45) is -3.71. The standard InChI is InChI=1S/C15H23F3N2O/c1-3-20(4-2)14-8-6-13(7-9-14)19-10-5-11-21-12-15(16,17)18/h6-9,19H,3-5,10-12H2,1-2H3. The van der Waals surface area contributed by atoms with Crippen molar-refractivity contribution in [2.45, 2.75) is 26.4 Å². The van der Waals surface area contributed by atoms with E-state index in [4.69, 9.17) is 0 Å². The zero-order valence-electron chi connectivity index (χ0n) is 12.5. The molecular formula is C15H23F3N2O. The van der Waals surface area contributed by atoms with Crippen molar-refractivity contribution < 1.29 is 17.9 Å². The van der Waals surface area contributed by atoms with Crippen molar-refractivity contribution >= 4 is 11.4 Å². The number of anilines is 2. The molecule has 120 valence electrons. The quantitative estimate of drug-likeness (QED) is 0.700. The van der Waals surface area contributed by atoms with E-state index < -0.39 is 12.8 Å². The maximum atomic E-state index is 11.8. The van der Waals surface area contributed by atoms with Crippen molar-refractivity contribution in [3.8, 4) is 0 Å². The van der Waals surface area contributed by atoms with Crippen LogP contribution in [0.15, 0.2) is 24.3 Å². The molecule has 0 aliphatic carbocycles. The Bertz CT molecular complexity index is 389. The van der Waals surface area contributed by atoms with Gasteiger partial charge in [0.1, 0.15) is 6.61 Å². The maximum Gasteiger partial charge on any atom is 0.411 e. The average Bonchev–Trinajstić information content (AvgIpc) is 2.44. The van der Waals surface area contributed by atoms with Crippen LogP contribution in [0, 0.1) is 0 Å². The molecule has 1 rings (SSSR count). The second-order valence-corrected chi connectivity index (χ2v) is 4.67. The molecule has 1 aromatic rings. The predicted octanol–water partition coefficient (Wildman–Crippen LogP) is 3.91. The van der Waals surface area contributed by atoms with Gasteiger partial charge in [-0.05, 0) is 44.5 Å². The van der Waals surface area contributed by atoms with E-state index >= 15 is 0 Å². The molecule has 3 nitrogen and oxygen atoms in total. The molecular weight excluding hydrogens is 281 g/mol. The minimum absolute atomic E-state index is 0.101. The monoisotopic (exact) mass is 304 g/mol. The molecule has 0 saturated heterocycles. The molecule has 0 saturated carbocycles. The first kappa shape index (κ1) is 17.6. The van der Waals surface area contributed by atoms with Crippen LogP contribution < -0.4 is 10.2 Å². The predicted molar refractivity (Wildman–Crippen MR) is 80.0 cm³/mol. The zero-order chi connectivity index (χ0) is 15.7. The van der Waals surface area contributed by atoms with Crippen LogP contribution in [-0.2, 0) is 4.74 Å². The first-order valence-electron chi connectivity index (χ1n) is 7.19. The molecule has 1 aromatic carbocycles. The highest BCUT2D eigenvalue weighted by Gasteiger charge is 2.27. The average molecular weight is 304 g/mol. The number of nitrogens with zero attached hydrogens (tertiary/aromatic N) is 1. The van der Waals surface area contributed by atoms with Crippen molar-refractivity contribution in [1.29, 1.82) is 0 Å². The summed E-state index contributed by atoms with van der Waals surface area (Å²) in [5.74, 6) is 0. The summed E-state index contributed by atoms with van der Waals surface area (Å²) in [5, 5.41) is 3.16. The molecule has 0 aliphatic heterocycles. The van der Waals surface area contributed by atoms with E-state index in [0.717, 1.165) is 18.8 Å². The van der Waals surface area contributed by atoms with E-state index in [9.17, 15) is 13.2 Å².